The van der Waals surface area contributed by atoms with Crippen molar-refractivity contribution in [3.8, 4) is 0 Å². The monoisotopic (exact) mass is 408 g/mol. The van der Waals surface area contributed by atoms with Gasteiger partial charge in [0.1, 0.15) is 6.54 Å². The van der Waals surface area contributed by atoms with Gasteiger partial charge < -0.3 is 10.1 Å². The average molecular weight is 408 g/mol. The van der Waals surface area contributed by atoms with Gasteiger partial charge in [-0.1, -0.05) is 43.2 Å². The second-order valence-corrected chi connectivity index (χ2v) is 7.94. The molecule has 7 heteroatoms. The fraction of sp³-hybridized carbons (Fsp3) is 0.391. The number of nitrogens with zero attached hydrogens (tertiary/aromatic N) is 1. The Morgan fingerprint density at radius 3 is 2.33 bits per heavy atom. The van der Waals surface area contributed by atoms with Gasteiger partial charge in [0, 0.05) is 5.69 Å². The van der Waals surface area contributed by atoms with Gasteiger partial charge in [-0.05, 0) is 42.7 Å². The normalized spacial score (nSPS) is 22.0. The van der Waals surface area contributed by atoms with Gasteiger partial charge >= 0.3 is 5.97 Å². The fourth-order valence-corrected chi connectivity index (χ4v) is 4.31. The molecule has 3 amide bonds. The molecule has 0 radical (unpaired) electrons. The first-order chi connectivity index (χ1) is 14.4. The largest absolute Gasteiger partial charge is 0.451 e. The number of carbonyl (C=O) groups is 4. The van der Waals surface area contributed by atoms with Crippen molar-refractivity contribution in [3.63, 3.8) is 0 Å². The van der Waals surface area contributed by atoms with Gasteiger partial charge in [0.2, 0.25) is 11.8 Å². The van der Waals surface area contributed by atoms with Crippen molar-refractivity contribution in [2.45, 2.75) is 38.7 Å². The van der Waals surface area contributed by atoms with Gasteiger partial charge in [-0.2, -0.15) is 0 Å². The Balaban J connectivity index is 1.34. The molecule has 2 aromatic carbocycles. The third-order valence-electron chi connectivity index (χ3n) is 5.91. The Kier molecular flexibility index (Phi) is 5.53. The van der Waals surface area contributed by atoms with Crippen LogP contribution in [-0.4, -0.2) is 41.2 Å². The van der Waals surface area contributed by atoms with E-state index in [-0.39, 0.29) is 23.7 Å². The highest BCUT2D eigenvalue weighted by molar-refractivity contribution is 6.07. The summed E-state index contributed by atoms with van der Waals surface area (Å²) in [6.07, 6.45) is 2.16. The molecule has 0 unspecified atom stereocenters. The molecule has 7 nitrogen and oxygen atoms in total. The van der Waals surface area contributed by atoms with Crippen LogP contribution in [0.15, 0.2) is 42.5 Å². The maximum absolute atomic E-state index is 12.5. The van der Waals surface area contributed by atoms with Crippen molar-refractivity contribution in [1.82, 2.24) is 4.90 Å². The zero-order valence-corrected chi connectivity index (χ0v) is 16.8. The molecular formula is C23H24N2O5. The van der Waals surface area contributed by atoms with Gasteiger partial charge in [0.15, 0.2) is 6.10 Å². The minimum absolute atomic E-state index is 0.296. The first kappa shape index (κ1) is 20.1. The third kappa shape index (κ3) is 3.92. The minimum Gasteiger partial charge on any atom is -0.451 e. The summed E-state index contributed by atoms with van der Waals surface area (Å²) < 4.78 is 5.19. The molecular weight excluding hydrogens is 384 g/mol. The van der Waals surface area contributed by atoms with Crippen LogP contribution in [0, 0.1) is 11.8 Å². The molecule has 30 heavy (non-hydrogen) atoms. The molecule has 2 fully saturated rings. The molecule has 0 spiro atoms. The maximum Gasteiger partial charge on any atom is 0.326 e. The Bertz CT molecular complexity index is 994. The number of imide groups is 1. The van der Waals surface area contributed by atoms with Crippen LogP contribution in [0.2, 0.25) is 0 Å². The van der Waals surface area contributed by atoms with Crippen molar-refractivity contribution in [1.29, 1.82) is 0 Å². The smallest absolute Gasteiger partial charge is 0.326 e. The van der Waals surface area contributed by atoms with Gasteiger partial charge in [0.05, 0.1) is 11.8 Å². The van der Waals surface area contributed by atoms with E-state index in [2.05, 4.69) is 5.32 Å². The highest BCUT2D eigenvalue weighted by Gasteiger charge is 2.48. The highest BCUT2D eigenvalue weighted by Crippen LogP contribution is 2.37. The van der Waals surface area contributed by atoms with E-state index in [0.29, 0.717) is 18.5 Å². The van der Waals surface area contributed by atoms with Crippen LogP contribution in [0.5, 0.6) is 0 Å². The first-order valence-electron chi connectivity index (χ1n) is 10.3. The number of rotatable bonds is 5. The molecule has 156 valence electrons. The van der Waals surface area contributed by atoms with E-state index < -0.39 is 24.5 Å². The number of hydrogen-bond acceptors (Lipinski definition) is 5. The van der Waals surface area contributed by atoms with Crippen LogP contribution in [0.1, 0.15) is 32.6 Å². The number of fused-ring (bicyclic) bond motifs is 2. The molecule has 1 aliphatic heterocycles. The third-order valence-corrected chi connectivity index (χ3v) is 5.91. The summed E-state index contributed by atoms with van der Waals surface area (Å²) >= 11 is 0. The zero-order chi connectivity index (χ0) is 21.3. The number of carbonyl (C=O) groups excluding carboxylic acids is 4. The molecule has 3 atom stereocenters. The average Bonchev–Trinajstić information content (AvgIpc) is 2.98. The van der Waals surface area contributed by atoms with E-state index in [0.717, 1.165) is 28.5 Å². The van der Waals surface area contributed by atoms with Crippen LogP contribution in [0.4, 0.5) is 5.69 Å². The van der Waals surface area contributed by atoms with Crippen molar-refractivity contribution in [3.05, 3.63) is 42.5 Å². The quantitative estimate of drug-likeness (QED) is 0.607. The van der Waals surface area contributed by atoms with E-state index in [1.807, 2.05) is 36.4 Å². The second kappa shape index (κ2) is 8.26. The molecule has 1 aliphatic carbocycles. The molecule has 4 rings (SSSR count). The molecule has 1 saturated carbocycles. The Labute approximate surface area is 174 Å². The van der Waals surface area contributed by atoms with Crippen LogP contribution in [-0.2, 0) is 23.9 Å². The van der Waals surface area contributed by atoms with E-state index in [4.69, 9.17) is 4.74 Å². The highest BCUT2D eigenvalue weighted by atomic mass is 16.5. The van der Waals surface area contributed by atoms with Crippen molar-refractivity contribution in [2.24, 2.45) is 11.8 Å². The van der Waals surface area contributed by atoms with E-state index in [1.165, 1.54) is 6.92 Å². The lowest BCUT2D eigenvalue weighted by Crippen LogP contribution is -2.39. The predicted octanol–water partition coefficient (Wildman–Crippen LogP) is 2.89. The number of hydrogen-bond donors (Lipinski definition) is 1. The number of anilines is 1. The lowest BCUT2D eigenvalue weighted by atomic mass is 9.81. The summed E-state index contributed by atoms with van der Waals surface area (Å²) in [5, 5.41) is 4.76. The summed E-state index contributed by atoms with van der Waals surface area (Å²) in [6, 6.07) is 13.3. The van der Waals surface area contributed by atoms with E-state index >= 15 is 0 Å². The Morgan fingerprint density at radius 1 is 1.03 bits per heavy atom. The standard InChI is InChI=1S/C23H24N2O5/c1-14(21(27)24-17-11-10-15-6-2-3-7-16(15)12-17)30-20(26)13-25-22(28)18-8-4-5-9-19(18)23(25)29/h2-3,6-7,10-12,14,18-19H,4-5,8-9,13H2,1H3,(H,24,27)/t14-,18-,19+/m1/s1. The van der Waals surface area contributed by atoms with Crippen molar-refractivity contribution < 1.29 is 23.9 Å². The molecule has 0 aromatic heterocycles. The lowest BCUT2D eigenvalue weighted by molar-refractivity contribution is -0.158. The molecule has 2 aliphatic rings. The van der Waals surface area contributed by atoms with Crippen LogP contribution >= 0.6 is 0 Å². The first-order valence-corrected chi connectivity index (χ1v) is 10.3. The summed E-state index contributed by atoms with van der Waals surface area (Å²) in [5.41, 5.74) is 0.593. The molecule has 1 heterocycles. The van der Waals surface area contributed by atoms with Crippen molar-refractivity contribution in [2.75, 3.05) is 11.9 Å². The summed E-state index contributed by atoms with van der Waals surface area (Å²) in [6.45, 7) is 1.01. The van der Waals surface area contributed by atoms with Gasteiger partial charge in [-0.25, -0.2) is 0 Å². The maximum atomic E-state index is 12.5. The number of esters is 1. The Hall–Kier alpha value is -3.22. The molecule has 1 saturated heterocycles. The fourth-order valence-electron chi connectivity index (χ4n) is 4.31. The molecule has 2 aromatic rings. The zero-order valence-electron chi connectivity index (χ0n) is 16.8. The number of benzene rings is 2. The second-order valence-electron chi connectivity index (χ2n) is 7.94. The van der Waals surface area contributed by atoms with E-state index in [9.17, 15) is 19.2 Å². The van der Waals surface area contributed by atoms with Crippen LogP contribution < -0.4 is 5.32 Å². The van der Waals surface area contributed by atoms with E-state index in [1.54, 1.807) is 6.07 Å². The number of ether oxygens (including phenoxy) is 1. The molecule has 0 bridgehead atoms. The van der Waals surface area contributed by atoms with Crippen LogP contribution in [0.25, 0.3) is 10.8 Å². The summed E-state index contributed by atoms with van der Waals surface area (Å²) in [7, 11) is 0. The number of amides is 3. The topological polar surface area (TPSA) is 92.8 Å². The lowest BCUT2D eigenvalue weighted by Gasteiger charge is -2.19. The summed E-state index contributed by atoms with van der Waals surface area (Å²) in [4.78, 5) is 50.6. The van der Waals surface area contributed by atoms with Gasteiger partial charge in [-0.15, -0.1) is 0 Å². The number of likely N-dealkylation sites (tertiary alicyclic amines) is 1. The van der Waals surface area contributed by atoms with Crippen LogP contribution in [0.3, 0.4) is 0 Å². The summed E-state index contributed by atoms with van der Waals surface area (Å²) in [5.74, 6) is -2.46. The van der Waals surface area contributed by atoms with Crippen molar-refractivity contribution >= 4 is 40.2 Å². The van der Waals surface area contributed by atoms with Gasteiger partial charge in [0.25, 0.3) is 5.91 Å². The Morgan fingerprint density at radius 2 is 1.67 bits per heavy atom. The molecule has 1 N–H and O–H groups in total. The predicted molar refractivity (Wildman–Crippen MR) is 110 cm³/mol. The minimum atomic E-state index is -1.06. The SMILES string of the molecule is C[C@@H](OC(=O)CN1C(=O)[C@H]2CCCC[C@H]2C1=O)C(=O)Nc1ccc2ccccc2c1. The van der Waals surface area contributed by atoms with Gasteiger partial charge in [-0.3, -0.25) is 24.1 Å². The number of nitrogens with one attached hydrogen (secondary N) is 1.